The molecule has 0 saturated carbocycles. The van der Waals surface area contributed by atoms with E-state index < -0.39 is 29.5 Å². The molecule has 0 aromatic heterocycles. The summed E-state index contributed by atoms with van der Waals surface area (Å²) in [5.74, 6) is -1.59. The van der Waals surface area contributed by atoms with Gasteiger partial charge in [-0.05, 0) is 34.6 Å². The van der Waals surface area contributed by atoms with Crippen LogP contribution in [0.25, 0.3) is 0 Å². The summed E-state index contributed by atoms with van der Waals surface area (Å²) in [6.45, 7) is 7.23. The molecule has 0 aromatic rings. The zero-order valence-corrected chi connectivity index (χ0v) is 14.4. The molecule has 2 amide bonds. The summed E-state index contributed by atoms with van der Waals surface area (Å²) in [4.78, 5) is 47.2. The van der Waals surface area contributed by atoms with Crippen LogP contribution >= 0.6 is 0 Å². The third kappa shape index (κ3) is 6.01. The lowest BCUT2D eigenvalue weighted by atomic mass is 9.98. The van der Waals surface area contributed by atoms with Gasteiger partial charge in [0.15, 0.2) is 5.78 Å². The molecule has 24 heavy (non-hydrogen) atoms. The van der Waals surface area contributed by atoms with Crippen molar-refractivity contribution >= 4 is 23.9 Å². The molecular weight excluding hydrogens is 324 g/mol. The van der Waals surface area contributed by atoms with Crippen LogP contribution in [0.5, 0.6) is 0 Å². The second kappa shape index (κ2) is 10.4. The number of Topliss-reactive ketones (excluding diaryl/α,β-unsaturated/α-hetero) is 1. The smallest absolute Gasteiger partial charge is 0.422 e. The second-order valence-corrected chi connectivity index (χ2v) is 4.47. The highest BCUT2D eigenvalue weighted by atomic mass is 16.6. The standard InChI is InChI=1S/C13H24N4O7/c1-6-22-10(19)13(5,9(4)18)17(15-12(21)24-8-3)16-14-11(20)23-7-2/h16H,6-8H2,1-5H3,(H,14,20)(H,15,21). The van der Waals surface area contributed by atoms with Gasteiger partial charge in [-0.3, -0.25) is 4.79 Å². The summed E-state index contributed by atoms with van der Waals surface area (Å²) in [6.07, 6.45) is -1.84. The number of hydrazine groups is 3. The summed E-state index contributed by atoms with van der Waals surface area (Å²) in [5.41, 5.74) is 4.48. The van der Waals surface area contributed by atoms with Gasteiger partial charge in [0.2, 0.25) is 5.54 Å². The Balaban J connectivity index is 5.42. The first kappa shape index (κ1) is 21.6. The Morgan fingerprint density at radius 3 is 1.88 bits per heavy atom. The maximum Gasteiger partial charge on any atom is 0.422 e. The molecule has 0 saturated heterocycles. The quantitative estimate of drug-likeness (QED) is 0.228. The lowest BCUT2D eigenvalue weighted by Gasteiger charge is -2.36. The molecule has 0 rings (SSSR count). The molecule has 11 nitrogen and oxygen atoms in total. The first-order valence-corrected chi connectivity index (χ1v) is 7.34. The van der Waals surface area contributed by atoms with Gasteiger partial charge < -0.3 is 14.2 Å². The Labute approximate surface area is 139 Å². The van der Waals surface area contributed by atoms with E-state index in [-0.39, 0.29) is 19.8 Å². The van der Waals surface area contributed by atoms with E-state index >= 15 is 0 Å². The van der Waals surface area contributed by atoms with E-state index in [0.717, 1.165) is 6.92 Å². The van der Waals surface area contributed by atoms with E-state index in [1.807, 2.05) is 0 Å². The number of carbonyl (C=O) groups is 4. The van der Waals surface area contributed by atoms with Crippen molar-refractivity contribution in [1.82, 2.24) is 21.5 Å². The molecule has 0 radical (unpaired) electrons. The highest BCUT2D eigenvalue weighted by Gasteiger charge is 2.48. The Morgan fingerprint density at radius 2 is 1.42 bits per heavy atom. The van der Waals surface area contributed by atoms with E-state index in [0.29, 0.717) is 5.12 Å². The fourth-order valence-corrected chi connectivity index (χ4v) is 1.44. The monoisotopic (exact) mass is 348 g/mol. The van der Waals surface area contributed by atoms with E-state index in [2.05, 4.69) is 21.1 Å². The first-order valence-electron chi connectivity index (χ1n) is 7.34. The molecule has 1 atom stereocenters. The van der Waals surface area contributed by atoms with Crippen LogP contribution < -0.4 is 16.4 Å². The van der Waals surface area contributed by atoms with Crippen molar-refractivity contribution in [2.24, 2.45) is 0 Å². The van der Waals surface area contributed by atoms with E-state index in [1.54, 1.807) is 20.8 Å². The number of nitrogens with zero attached hydrogens (tertiary/aromatic N) is 1. The third-order valence-electron chi connectivity index (χ3n) is 2.83. The summed E-state index contributed by atoms with van der Waals surface area (Å²) < 4.78 is 14.2. The number of nitrogens with one attached hydrogen (secondary N) is 3. The maximum atomic E-state index is 12.2. The van der Waals surface area contributed by atoms with Crippen LogP contribution in [-0.2, 0) is 23.8 Å². The molecule has 1 unspecified atom stereocenters. The van der Waals surface area contributed by atoms with Crippen LogP contribution in [0.15, 0.2) is 0 Å². The Hall–Kier alpha value is -2.40. The van der Waals surface area contributed by atoms with Gasteiger partial charge in [0, 0.05) is 0 Å². The molecule has 0 bridgehead atoms. The molecular formula is C13H24N4O7. The molecule has 3 N–H and O–H groups in total. The molecule has 0 heterocycles. The number of ether oxygens (including phenoxy) is 3. The molecule has 0 spiro atoms. The van der Waals surface area contributed by atoms with Crippen LogP contribution in [-0.4, -0.2) is 54.4 Å². The summed E-state index contributed by atoms with van der Waals surface area (Å²) in [7, 11) is 0. The number of hydrogen-bond donors (Lipinski definition) is 3. The molecule has 0 aromatic carbocycles. The Bertz CT molecular complexity index is 471. The highest BCUT2D eigenvalue weighted by molar-refractivity contribution is 6.07. The number of amides is 2. The minimum absolute atomic E-state index is 0.0141. The third-order valence-corrected chi connectivity index (χ3v) is 2.83. The predicted octanol–water partition coefficient (Wildman–Crippen LogP) is 0.0260. The molecule has 0 fully saturated rings. The normalized spacial score (nSPS) is 12.8. The zero-order valence-electron chi connectivity index (χ0n) is 14.4. The van der Waals surface area contributed by atoms with Gasteiger partial charge in [-0.1, -0.05) is 0 Å². The van der Waals surface area contributed by atoms with Crippen LogP contribution in [0.3, 0.4) is 0 Å². The van der Waals surface area contributed by atoms with Crippen LogP contribution in [0.1, 0.15) is 34.6 Å². The lowest BCUT2D eigenvalue weighted by molar-refractivity contribution is -0.167. The highest BCUT2D eigenvalue weighted by Crippen LogP contribution is 2.15. The van der Waals surface area contributed by atoms with Crippen molar-refractivity contribution in [3.63, 3.8) is 0 Å². The minimum Gasteiger partial charge on any atom is -0.464 e. The minimum atomic E-state index is -1.97. The van der Waals surface area contributed by atoms with E-state index in [1.165, 1.54) is 6.92 Å². The number of carbonyl (C=O) groups excluding carboxylic acids is 4. The zero-order chi connectivity index (χ0) is 18.8. The van der Waals surface area contributed by atoms with Crippen LogP contribution in [0, 0.1) is 0 Å². The Morgan fingerprint density at radius 1 is 0.917 bits per heavy atom. The van der Waals surface area contributed by atoms with Crippen molar-refractivity contribution in [3.05, 3.63) is 0 Å². The lowest BCUT2D eigenvalue weighted by Crippen LogP contribution is -2.71. The molecule has 0 aliphatic rings. The first-order chi connectivity index (χ1) is 11.2. The number of esters is 1. The van der Waals surface area contributed by atoms with E-state index in [4.69, 9.17) is 9.47 Å². The topological polar surface area (TPSA) is 135 Å². The van der Waals surface area contributed by atoms with Crippen molar-refractivity contribution < 1.29 is 33.4 Å². The van der Waals surface area contributed by atoms with Crippen molar-refractivity contribution in [3.8, 4) is 0 Å². The summed E-state index contributed by atoms with van der Waals surface area (Å²) in [5, 5.41) is 0.683. The van der Waals surface area contributed by atoms with Crippen molar-refractivity contribution in [2.45, 2.75) is 40.2 Å². The largest absolute Gasteiger partial charge is 0.464 e. The van der Waals surface area contributed by atoms with Gasteiger partial charge in [0.1, 0.15) is 0 Å². The average Bonchev–Trinajstić information content (AvgIpc) is 2.51. The summed E-state index contributed by atoms with van der Waals surface area (Å²) >= 11 is 0. The Kier molecular flexibility index (Phi) is 9.35. The van der Waals surface area contributed by atoms with Gasteiger partial charge in [0.05, 0.1) is 19.8 Å². The molecule has 0 aliphatic carbocycles. The number of ketones is 1. The van der Waals surface area contributed by atoms with Crippen LogP contribution in [0.4, 0.5) is 9.59 Å². The molecule has 11 heteroatoms. The van der Waals surface area contributed by atoms with Gasteiger partial charge in [-0.15, -0.1) is 10.7 Å². The van der Waals surface area contributed by atoms with Crippen molar-refractivity contribution in [1.29, 1.82) is 0 Å². The predicted molar refractivity (Wildman–Crippen MR) is 81.0 cm³/mol. The SMILES string of the molecule is CCOC(=O)NNN(NC(=O)OCC)C(C)(C(C)=O)C(=O)OCC. The van der Waals surface area contributed by atoms with Crippen LogP contribution in [0.2, 0.25) is 0 Å². The molecule has 138 valence electrons. The fraction of sp³-hybridized carbons (Fsp3) is 0.692. The number of rotatable bonds is 9. The van der Waals surface area contributed by atoms with Gasteiger partial charge in [0.25, 0.3) is 0 Å². The van der Waals surface area contributed by atoms with Gasteiger partial charge >= 0.3 is 18.2 Å². The van der Waals surface area contributed by atoms with Crippen molar-refractivity contribution in [2.75, 3.05) is 19.8 Å². The maximum absolute atomic E-state index is 12.2. The average molecular weight is 348 g/mol. The van der Waals surface area contributed by atoms with E-state index in [9.17, 15) is 19.2 Å². The second-order valence-electron chi connectivity index (χ2n) is 4.47. The fourth-order valence-electron chi connectivity index (χ4n) is 1.44. The molecule has 0 aliphatic heterocycles. The number of hydrogen-bond acceptors (Lipinski definition) is 9. The van der Waals surface area contributed by atoms with Gasteiger partial charge in [-0.2, -0.15) is 0 Å². The van der Waals surface area contributed by atoms with Gasteiger partial charge in [-0.25, -0.2) is 25.2 Å². The summed E-state index contributed by atoms with van der Waals surface area (Å²) in [6, 6.07) is 0.